The Labute approximate surface area is 161 Å². The van der Waals surface area contributed by atoms with E-state index in [0.29, 0.717) is 12.3 Å². The minimum atomic E-state index is -0.230. The first kappa shape index (κ1) is 16.4. The van der Waals surface area contributed by atoms with Crippen LogP contribution >= 0.6 is 0 Å². The van der Waals surface area contributed by atoms with Crippen LogP contribution in [0.15, 0.2) is 12.7 Å². The zero-order valence-electron chi connectivity index (χ0n) is 15.7. The molecule has 0 aromatic carbocycles. The van der Waals surface area contributed by atoms with Gasteiger partial charge in [0, 0.05) is 6.54 Å². The second kappa shape index (κ2) is 6.21. The van der Waals surface area contributed by atoms with Crippen LogP contribution in [0.5, 0.6) is 0 Å². The van der Waals surface area contributed by atoms with Crippen LogP contribution in [0, 0.1) is 0 Å². The van der Waals surface area contributed by atoms with Crippen LogP contribution in [0.25, 0.3) is 11.2 Å². The maximum Gasteiger partial charge on any atom is 0.182 e. The molecular formula is C18H23N9O. The molecular weight excluding hydrogens is 358 g/mol. The molecule has 3 aliphatic heterocycles. The lowest BCUT2D eigenvalue weighted by Crippen LogP contribution is -2.45. The molecule has 1 unspecified atom stereocenters. The third kappa shape index (κ3) is 2.59. The maximum absolute atomic E-state index is 6.33. The Balaban J connectivity index is 1.25. The molecule has 0 saturated carbocycles. The Bertz CT molecular complexity index is 1010. The van der Waals surface area contributed by atoms with Crippen molar-refractivity contribution in [2.24, 2.45) is 0 Å². The first-order valence-corrected chi connectivity index (χ1v) is 9.96. The van der Waals surface area contributed by atoms with Crippen LogP contribution in [-0.2, 0) is 24.4 Å². The zero-order chi connectivity index (χ0) is 18.6. The largest absolute Gasteiger partial charge is 0.363 e. The van der Waals surface area contributed by atoms with Gasteiger partial charge < -0.3 is 19.2 Å². The molecule has 146 valence electrons. The zero-order valence-corrected chi connectivity index (χ0v) is 15.7. The van der Waals surface area contributed by atoms with Crippen LogP contribution in [0.3, 0.4) is 0 Å². The normalized spacial score (nSPS) is 25.2. The molecule has 1 spiro atoms. The van der Waals surface area contributed by atoms with Crippen molar-refractivity contribution < 1.29 is 4.74 Å². The van der Waals surface area contributed by atoms with Gasteiger partial charge in [0.2, 0.25) is 0 Å². The molecule has 0 bridgehead atoms. The van der Waals surface area contributed by atoms with E-state index in [1.54, 1.807) is 12.7 Å². The molecule has 10 heteroatoms. The van der Waals surface area contributed by atoms with Crippen molar-refractivity contribution in [1.82, 2.24) is 39.6 Å². The lowest BCUT2D eigenvalue weighted by Gasteiger charge is -2.35. The highest BCUT2D eigenvalue weighted by atomic mass is 16.5. The molecule has 28 heavy (non-hydrogen) atoms. The summed E-state index contributed by atoms with van der Waals surface area (Å²) in [4.78, 5) is 20.9. The fraction of sp³-hybridized carbons (Fsp3) is 0.611. The van der Waals surface area contributed by atoms with Crippen molar-refractivity contribution in [3.8, 4) is 0 Å². The van der Waals surface area contributed by atoms with Crippen LogP contribution in [0.4, 0.5) is 5.82 Å². The van der Waals surface area contributed by atoms with Gasteiger partial charge in [0.05, 0.1) is 26.0 Å². The summed E-state index contributed by atoms with van der Waals surface area (Å²) in [5, 5.41) is 8.85. The summed E-state index contributed by atoms with van der Waals surface area (Å²) in [6, 6.07) is 0. The van der Waals surface area contributed by atoms with Crippen LogP contribution < -0.4 is 4.90 Å². The molecule has 2 saturated heterocycles. The number of fused-ring (bicyclic) bond motifs is 2. The fourth-order valence-electron chi connectivity index (χ4n) is 4.74. The number of likely N-dealkylation sites (tertiary alicyclic amines) is 1. The number of nitrogens with one attached hydrogen (secondary N) is 1. The Morgan fingerprint density at radius 1 is 1.07 bits per heavy atom. The number of ether oxygens (including phenoxy) is 1. The summed E-state index contributed by atoms with van der Waals surface area (Å²) in [5.41, 5.74) is 1.35. The van der Waals surface area contributed by atoms with Crippen LogP contribution in [0.1, 0.15) is 30.9 Å². The van der Waals surface area contributed by atoms with Crippen molar-refractivity contribution in [2.75, 3.05) is 31.1 Å². The summed E-state index contributed by atoms with van der Waals surface area (Å²) in [6.07, 6.45) is 6.76. The van der Waals surface area contributed by atoms with Gasteiger partial charge in [-0.2, -0.15) is 0 Å². The average Bonchev–Trinajstić information content (AvgIpc) is 3.49. The Kier molecular flexibility index (Phi) is 3.63. The van der Waals surface area contributed by atoms with E-state index in [1.165, 1.54) is 12.8 Å². The third-order valence-electron chi connectivity index (χ3n) is 6.24. The molecule has 3 aromatic heterocycles. The van der Waals surface area contributed by atoms with E-state index in [2.05, 4.69) is 44.5 Å². The molecule has 6 rings (SSSR count). The van der Waals surface area contributed by atoms with E-state index in [-0.39, 0.29) is 5.60 Å². The number of aromatic nitrogens is 7. The molecule has 0 amide bonds. The summed E-state index contributed by atoms with van der Waals surface area (Å²) in [7, 11) is 0. The monoisotopic (exact) mass is 381 g/mol. The van der Waals surface area contributed by atoms with Crippen LogP contribution in [-0.4, -0.2) is 71.4 Å². The minimum Gasteiger partial charge on any atom is -0.363 e. The molecule has 0 radical (unpaired) electrons. The van der Waals surface area contributed by atoms with Gasteiger partial charge in [-0.25, -0.2) is 15.0 Å². The van der Waals surface area contributed by atoms with E-state index in [1.807, 2.05) is 0 Å². The lowest BCUT2D eigenvalue weighted by molar-refractivity contribution is -0.0761. The van der Waals surface area contributed by atoms with E-state index >= 15 is 0 Å². The highest BCUT2D eigenvalue weighted by Crippen LogP contribution is 2.35. The lowest BCUT2D eigenvalue weighted by atomic mass is 10.0. The third-order valence-corrected chi connectivity index (χ3v) is 6.24. The average molecular weight is 381 g/mol. The smallest absolute Gasteiger partial charge is 0.182 e. The van der Waals surface area contributed by atoms with Gasteiger partial charge in [0.15, 0.2) is 17.3 Å². The minimum absolute atomic E-state index is 0.230. The number of anilines is 1. The second-order valence-corrected chi connectivity index (χ2v) is 8.04. The first-order chi connectivity index (χ1) is 13.8. The summed E-state index contributed by atoms with van der Waals surface area (Å²) < 4.78 is 8.62. The molecule has 6 heterocycles. The second-order valence-electron chi connectivity index (χ2n) is 8.04. The van der Waals surface area contributed by atoms with E-state index < -0.39 is 0 Å². The number of nitrogens with zero attached hydrogens (tertiary/aromatic N) is 8. The molecule has 0 aliphatic carbocycles. The van der Waals surface area contributed by atoms with Gasteiger partial charge in [0.25, 0.3) is 0 Å². The highest BCUT2D eigenvalue weighted by molar-refractivity contribution is 5.82. The summed E-state index contributed by atoms with van der Waals surface area (Å²) in [5.74, 6) is 2.90. The van der Waals surface area contributed by atoms with Gasteiger partial charge in [0.1, 0.15) is 29.9 Å². The fourth-order valence-corrected chi connectivity index (χ4v) is 4.74. The predicted octanol–water partition coefficient (Wildman–Crippen LogP) is 0.719. The van der Waals surface area contributed by atoms with Crippen molar-refractivity contribution in [2.45, 2.75) is 44.6 Å². The van der Waals surface area contributed by atoms with Crippen molar-refractivity contribution >= 4 is 17.0 Å². The SMILES string of the molecule is c1nc(N2CCC3(C2)Cn2c(nnc2CN2CCCC2)CO3)c2[nH]cnc2n1. The number of H-pyrrole nitrogens is 1. The Morgan fingerprint density at radius 3 is 2.93 bits per heavy atom. The molecule has 2 fully saturated rings. The van der Waals surface area contributed by atoms with Crippen LogP contribution in [0.2, 0.25) is 0 Å². The number of hydrogen-bond acceptors (Lipinski definition) is 8. The van der Waals surface area contributed by atoms with Gasteiger partial charge >= 0.3 is 0 Å². The van der Waals surface area contributed by atoms with E-state index in [9.17, 15) is 0 Å². The molecule has 1 atom stereocenters. The quantitative estimate of drug-likeness (QED) is 0.708. The Hall–Kier alpha value is -2.59. The first-order valence-electron chi connectivity index (χ1n) is 9.96. The number of aromatic amines is 1. The van der Waals surface area contributed by atoms with Gasteiger partial charge in [-0.1, -0.05) is 0 Å². The van der Waals surface area contributed by atoms with Crippen molar-refractivity contribution in [3.05, 3.63) is 24.3 Å². The van der Waals surface area contributed by atoms with Gasteiger partial charge in [-0.15, -0.1) is 10.2 Å². The molecule has 1 N–H and O–H groups in total. The van der Waals surface area contributed by atoms with Crippen molar-refractivity contribution in [1.29, 1.82) is 0 Å². The molecule has 10 nitrogen and oxygen atoms in total. The van der Waals surface area contributed by atoms with Gasteiger partial charge in [-0.05, 0) is 32.4 Å². The highest BCUT2D eigenvalue weighted by Gasteiger charge is 2.44. The van der Waals surface area contributed by atoms with Gasteiger partial charge in [-0.3, -0.25) is 4.90 Å². The van der Waals surface area contributed by atoms with E-state index in [4.69, 9.17) is 4.74 Å². The number of rotatable bonds is 3. The predicted molar refractivity (Wildman–Crippen MR) is 101 cm³/mol. The standard InChI is InChI=1S/C18H23N9O/c1-2-5-25(4-1)7-13-23-24-14-8-28-18(10-27(13)14)3-6-26(9-18)17-15-16(20-11-19-15)21-12-22-17/h11-12H,1-10H2,(H,19,20,21,22). The molecule has 3 aliphatic rings. The maximum atomic E-state index is 6.33. The Morgan fingerprint density at radius 2 is 2.00 bits per heavy atom. The summed E-state index contributed by atoms with van der Waals surface area (Å²) >= 11 is 0. The molecule has 3 aromatic rings. The summed E-state index contributed by atoms with van der Waals surface area (Å²) in [6.45, 7) is 6.20. The number of imidazole rings is 1. The van der Waals surface area contributed by atoms with Crippen molar-refractivity contribution in [3.63, 3.8) is 0 Å². The van der Waals surface area contributed by atoms with E-state index in [0.717, 1.165) is 68.7 Å². The number of hydrogen-bond donors (Lipinski definition) is 1. The topological polar surface area (TPSA) is 101 Å².